The Balaban J connectivity index is 0.00000242. The van der Waals surface area contributed by atoms with Gasteiger partial charge in [0.2, 0.25) is 11.8 Å². The number of halogens is 2. The summed E-state index contributed by atoms with van der Waals surface area (Å²) in [5, 5.41) is 8.15. The van der Waals surface area contributed by atoms with Gasteiger partial charge >= 0.3 is 0 Å². The average Bonchev–Trinajstić information content (AvgIpc) is 2.48. The highest BCUT2D eigenvalue weighted by Gasteiger charge is 2.28. The van der Waals surface area contributed by atoms with Crippen molar-refractivity contribution >= 4 is 29.9 Å². The normalized spacial score (nSPS) is 20.6. The van der Waals surface area contributed by atoms with Crippen LogP contribution in [0.5, 0.6) is 0 Å². The summed E-state index contributed by atoms with van der Waals surface area (Å²) in [7, 11) is 0. The first-order valence-electron chi connectivity index (χ1n) is 6.74. The molecule has 1 aliphatic rings. The number of ether oxygens (including phenoxy) is 1. The molecule has 0 aromatic heterocycles. The summed E-state index contributed by atoms with van der Waals surface area (Å²) < 4.78 is 18.1. The van der Waals surface area contributed by atoms with Gasteiger partial charge in [0, 0.05) is 12.2 Å². The van der Waals surface area contributed by atoms with E-state index in [2.05, 4.69) is 16.0 Å². The van der Waals surface area contributed by atoms with Crippen LogP contribution >= 0.6 is 12.4 Å². The molecule has 0 spiro atoms. The summed E-state index contributed by atoms with van der Waals surface area (Å²) in [6.45, 7) is 2.82. The van der Waals surface area contributed by atoms with Gasteiger partial charge in [-0.05, 0) is 31.2 Å². The van der Waals surface area contributed by atoms with Crippen LogP contribution in [0.1, 0.15) is 6.92 Å². The van der Waals surface area contributed by atoms with Gasteiger partial charge in [0.15, 0.2) is 0 Å². The summed E-state index contributed by atoms with van der Waals surface area (Å²) in [5.74, 6) is -1.03. The predicted octanol–water partition coefficient (Wildman–Crippen LogP) is 0.679. The minimum absolute atomic E-state index is 0. The molecule has 0 saturated carbocycles. The number of amides is 2. The smallest absolute Gasteiger partial charge is 0.243 e. The number of benzene rings is 1. The first-order chi connectivity index (χ1) is 10.1. The van der Waals surface area contributed by atoms with Gasteiger partial charge in [0.1, 0.15) is 11.9 Å². The van der Waals surface area contributed by atoms with E-state index in [1.165, 1.54) is 24.3 Å². The van der Waals surface area contributed by atoms with E-state index in [0.717, 1.165) is 0 Å². The Morgan fingerprint density at radius 3 is 2.68 bits per heavy atom. The van der Waals surface area contributed by atoms with Crippen LogP contribution in [0, 0.1) is 5.82 Å². The van der Waals surface area contributed by atoms with Gasteiger partial charge in [0.25, 0.3) is 0 Å². The minimum Gasteiger partial charge on any atom is -0.375 e. The maximum absolute atomic E-state index is 12.7. The van der Waals surface area contributed by atoms with Crippen LogP contribution in [-0.2, 0) is 14.3 Å². The van der Waals surface area contributed by atoms with E-state index in [1.54, 1.807) is 6.92 Å². The molecule has 1 aromatic rings. The molecule has 2 atom stereocenters. The fourth-order valence-electron chi connectivity index (χ4n) is 2.04. The van der Waals surface area contributed by atoms with Crippen LogP contribution in [0.2, 0.25) is 0 Å². The van der Waals surface area contributed by atoms with Crippen LogP contribution < -0.4 is 16.0 Å². The first-order valence-corrected chi connectivity index (χ1v) is 6.74. The maximum Gasteiger partial charge on any atom is 0.243 e. The van der Waals surface area contributed by atoms with Crippen molar-refractivity contribution in [3.63, 3.8) is 0 Å². The molecular formula is C14H19ClFN3O3. The second-order valence-electron chi connectivity index (χ2n) is 4.78. The highest BCUT2D eigenvalue weighted by molar-refractivity contribution is 5.95. The molecule has 1 aliphatic heterocycles. The Labute approximate surface area is 134 Å². The van der Waals surface area contributed by atoms with Gasteiger partial charge in [-0.25, -0.2) is 4.39 Å². The zero-order valence-corrected chi connectivity index (χ0v) is 12.9. The number of hydrogen-bond donors (Lipinski definition) is 3. The van der Waals surface area contributed by atoms with Crippen LogP contribution in [0.15, 0.2) is 24.3 Å². The summed E-state index contributed by atoms with van der Waals surface area (Å²) >= 11 is 0. The van der Waals surface area contributed by atoms with E-state index in [9.17, 15) is 14.0 Å². The van der Waals surface area contributed by atoms with Gasteiger partial charge in [-0.15, -0.1) is 12.4 Å². The SMILES string of the molecule is C[C@H]1OCCN[C@@H]1C(=O)NCC(=O)Nc1ccc(F)cc1.Cl. The fourth-order valence-corrected chi connectivity index (χ4v) is 2.04. The Morgan fingerprint density at radius 2 is 2.05 bits per heavy atom. The second kappa shape index (κ2) is 8.67. The molecule has 8 heteroatoms. The molecule has 0 radical (unpaired) electrons. The molecule has 0 bridgehead atoms. The lowest BCUT2D eigenvalue weighted by Crippen LogP contribution is -2.56. The number of rotatable bonds is 4. The molecule has 22 heavy (non-hydrogen) atoms. The Morgan fingerprint density at radius 1 is 1.36 bits per heavy atom. The zero-order valence-electron chi connectivity index (χ0n) is 12.1. The third-order valence-electron chi connectivity index (χ3n) is 3.15. The fraction of sp³-hybridized carbons (Fsp3) is 0.429. The van der Waals surface area contributed by atoms with E-state index in [-0.39, 0.29) is 42.7 Å². The lowest BCUT2D eigenvalue weighted by Gasteiger charge is -2.29. The first kappa shape index (κ1) is 18.3. The zero-order chi connectivity index (χ0) is 15.2. The molecule has 0 unspecified atom stereocenters. The lowest BCUT2D eigenvalue weighted by atomic mass is 10.1. The van der Waals surface area contributed by atoms with Crippen molar-refractivity contribution in [1.82, 2.24) is 10.6 Å². The molecule has 3 N–H and O–H groups in total. The second-order valence-corrected chi connectivity index (χ2v) is 4.78. The molecule has 1 heterocycles. The molecule has 0 aliphatic carbocycles. The van der Waals surface area contributed by atoms with Gasteiger partial charge < -0.3 is 20.7 Å². The number of carbonyl (C=O) groups excluding carboxylic acids is 2. The largest absolute Gasteiger partial charge is 0.375 e. The quantitative estimate of drug-likeness (QED) is 0.758. The molecular weight excluding hydrogens is 313 g/mol. The summed E-state index contributed by atoms with van der Waals surface area (Å²) in [6.07, 6.45) is -0.237. The molecule has 1 aromatic carbocycles. The van der Waals surface area contributed by atoms with Crippen molar-refractivity contribution in [3.05, 3.63) is 30.1 Å². The van der Waals surface area contributed by atoms with Crippen LogP contribution in [0.25, 0.3) is 0 Å². The van der Waals surface area contributed by atoms with Crippen molar-refractivity contribution in [1.29, 1.82) is 0 Å². The highest BCUT2D eigenvalue weighted by atomic mass is 35.5. The summed E-state index contributed by atoms with van der Waals surface area (Å²) in [5.41, 5.74) is 0.475. The lowest BCUT2D eigenvalue weighted by molar-refractivity contribution is -0.130. The van der Waals surface area contributed by atoms with Crippen LogP contribution in [-0.4, -0.2) is 43.7 Å². The topological polar surface area (TPSA) is 79.5 Å². The van der Waals surface area contributed by atoms with Gasteiger partial charge in [-0.1, -0.05) is 0 Å². The van der Waals surface area contributed by atoms with E-state index in [1.807, 2.05) is 0 Å². The third-order valence-corrected chi connectivity index (χ3v) is 3.15. The molecule has 2 amide bonds. The van der Waals surface area contributed by atoms with E-state index >= 15 is 0 Å². The molecule has 1 fully saturated rings. The van der Waals surface area contributed by atoms with Crippen LogP contribution in [0.3, 0.4) is 0 Å². The standard InChI is InChI=1S/C14H18FN3O3.ClH/c1-9-13(16-6-7-21-9)14(20)17-8-12(19)18-11-4-2-10(15)3-5-11;/h2-5,9,13,16H,6-8H2,1H3,(H,17,20)(H,18,19);1H/t9-,13+;/m1./s1. The Hall–Kier alpha value is -1.70. The Bertz CT molecular complexity index is 513. The number of morpholine rings is 1. The molecule has 6 nitrogen and oxygen atoms in total. The maximum atomic E-state index is 12.7. The predicted molar refractivity (Wildman–Crippen MR) is 82.5 cm³/mol. The van der Waals surface area contributed by atoms with Gasteiger partial charge in [-0.3, -0.25) is 9.59 Å². The Kier molecular flexibility index (Phi) is 7.23. The van der Waals surface area contributed by atoms with Crippen LogP contribution in [0.4, 0.5) is 10.1 Å². The van der Waals surface area contributed by atoms with Crippen molar-refractivity contribution in [2.75, 3.05) is 25.0 Å². The van der Waals surface area contributed by atoms with E-state index < -0.39 is 6.04 Å². The van der Waals surface area contributed by atoms with Crippen molar-refractivity contribution in [2.45, 2.75) is 19.1 Å². The third kappa shape index (κ3) is 5.25. The number of anilines is 1. The minimum atomic E-state index is -0.461. The monoisotopic (exact) mass is 331 g/mol. The van der Waals surface area contributed by atoms with E-state index in [4.69, 9.17) is 4.74 Å². The number of nitrogens with one attached hydrogen (secondary N) is 3. The van der Waals surface area contributed by atoms with Gasteiger partial charge in [0.05, 0.1) is 19.3 Å². The summed E-state index contributed by atoms with van der Waals surface area (Å²) in [4.78, 5) is 23.6. The van der Waals surface area contributed by atoms with Crippen molar-refractivity contribution in [2.24, 2.45) is 0 Å². The average molecular weight is 332 g/mol. The van der Waals surface area contributed by atoms with E-state index in [0.29, 0.717) is 18.8 Å². The van der Waals surface area contributed by atoms with Gasteiger partial charge in [-0.2, -0.15) is 0 Å². The molecule has 2 rings (SSSR count). The number of carbonyl (C=O) groups is 2. The van der Waals surface area contributed by atoms with Crippen molar-refractivity contribution < 1.29 is 18.7 Å². The molecule has 1 saturated heterocycles. The molecule has 122 valence electrons. The summed E-state index contributed by atoms with van der Waals surface area (Å²) in [6, 6.07) is 4.94. The van der Waals surface area contributed by atoms with Crippen molar-refractivity contribution in [3.8, 4) is 0 Å². The highest BCUT2D eigenvalue weighted by Crippen LogP contribution is 2.08. The number of hydrogen-bond acceptors (Lipinski definition) is 4.